The monoisotopic (exact) mass is 358 g/mol. The average molecular weight is 359 g/mol. The molecule has 1 heterocycles. The Kier molecular flexibility index (Phi) is 5.03. The van der Waals surface area contributed by atoms with Crippen molar-refractivity contribution in [3.63, 3.8) is 0 Å². The van der Waals surface area contributed by atoms with Gasteiger partial charge in [0.15, 0.2) is 5.69 Å². The van der Waals surface area contributed by atoms with Crippen LogP contribution in [0.1, 0.15) is 28.5 Å². The first kappa shape index (κ1) is 18.1. The number of hydrogen-bond donors (Lipinski definition) is 1. The highest BCUT2D eigenvalue weighted by atomic mass is 35.5. The van der Waals surface area contributed by atoms with E-state index in [0.717, 1.165) is 5.56 Å². The number of alkyl halides is 3. The number of carbonyl (C=O) groups is 1. The second kappa shape index (κ2) is 6.68. The van der Waals surface area contributed by atoms with Gasteiger partial charge in [0, 0.05) is 5.56 Å². The lowest BCUT2D eigenvalue weighted by molar-refractivity contribution is -0.136. The van der Waals surface area contributed by atoms with E-state index in [1.807, 2.05) is 0 Å². The van der Waals surface area contributed by atoms with Crippen molar-refractivity contribution in [2.45, 2.75) is 20.0 Å². The van der Waals surface area contributed by atoms with E-state index in [9.17, 15) is 18.0 Å². The highest BCUT2D eigenvalue weighted by molar-refractivity contribution is 6.36. The molecule has 0 spiro atoms. The van der Waals surface area contributed by atoms with Gasteiger partial charge in [-0.15, -0.1) is 0 Å². The van der Waals surface area contributed by atoms with Crippen LogP contribution in [0.4, 0.5) is 18.9 Å². The summed E-state index contributed by atoms with van der Waals surface area (Å²) in [6.07, 6.45) is -4.78. The minimum Gasteiger partial charge on any atom is -0.461 e. The molecule has 0 aliphatic carbocycles. The Hall–Kier alpha value is -2.28. The van der Waals surface area contributed by atoms with E-state index in [0.29, 0.717) is 0 Å². The van der Waals surface area contributed by atoms with Crippen molar-refractivity contribution in [1.29, 1.82) is 0 Å². The number of ether oxygens (including phenoxy) is 1. The summed E-state index contributed by atoms with van der Waals surface area (Å²) < 4.78 is 45.1. The molecule has 0 unspecified atom stereocenters. The minimum absolute atomic E-state index is 0.0254. The Morgan fingerprint density at radius 3 is 2.38 bits per heavy atom. The molecule has 1 aromatic heterocycles. The summed E-state index contributed by atoms with van der Waals surface area (Å²) in [6.45, 7) is 3.37. The molecule has 2 N–H and O–H groups in total. The molecular weight excluding hydrogens is 345 g/mol. The summed E-state index contributed by atoms with van der Waals surface area (Å²) in [6, 6.07) is 6.20. The number of rotatable bonds is 3. The number of aromatic nitrogens is 1. The van der Waals surface area contributed by atoms with Gasteiger partial charge in [0.1, 0.15) is 5.56 Å². The van der Waals surface area contributed by atoms with E-state index in [1.54, 1.807) is 26.0 Å². The molecule has 0 aliphatic rings. The predicted molar refractivity (Wildman–Crippen MR) is 84.8 cm³/mol. The van der Waals surface area contributed by atoms with Crippen LogP contribution in [0.2, 0.25) is 5.02 Å². The van der Waals surface area contributed by atoms with Crippen LogP contribution >= 0.6 is 11.6 Å². The maximum absolute atomic E-state index is 13.4. The van der Waals surface area contributed by atoms with Crippen molar-refractivity contribution in [3.05, 3.63) is 46.1 Å². The van der Waals surface area contributed by atoms with Crippen LogP contribution in [0.25, 0.3) is 11.3 Å². The van der Waals surface area contributed by atoms with Crippen molar-refractivity contribution in [1.82, 2.24) is 4.98 Å². The molecule has 4 nitrogen and oxygen atoms in total. The van der Waals surface area contributed by atoms with Crippen LogP contribution in [-0.2, 0) is 10.9 Å². The third kappa shape index (κ3) is 3.46. The minimum atomic E-state index is -4.78. The predicted octanol–water partition coefficient (Wildman–Crippen LogP) is 4.49. The third-order valence-corrected chi connectivity index (χ3v) is 3.63. The maximum Gasteiger partial charge on any atom is 0.420 e. The molecule has 2 aromatic rings. The lowest BCUT2D eigenvalue weighted by Crippen LogP contribution is -2.17. The molecule has 0 radical (unpaired) electrons. The highest BCUT2D eigenvalue weighted by Gasteiger charge is 2.39. The van der Waals surface area contributed by atoms with Gasteiger partial charge in [-0.1, -0.05) is 41.4 Å². The Balaban J connectivity index is 2.78. The summed E-state index contributed by atoms with van der Waals surface area (Å²) in [5.41, 5.74) is 3.76. The molecule has 24 heavy (non-hydrogen) atoms. The zero-order valence-electron chi connectivity index (χ0n) is 12.9. The van der Waals surface area contributed by atoms with E-state index in [2.05, 4.69) is 4.98 Å². The number of nitrogens with two attached hydrogens (primary N) is 1. The number of halogens is 4. The number of aryl methyl sites for hydroxylation is 1. The number of carbonyl (C=O) groups excluding carboxylic acids is 1. The third-order valence-electron chi connectivity index (χ3n) is 3.25. The van der Waals surface area contributed by atoms with Crippen LogP contribution in [0, 0.1) is 6.92 Å². The fourth-order valence-corrected chi connectivity index (χ4v) is 2.34. The molecule has 128 valence electrons. The van der Waals surface area contributed by atoms with E-state index in [-0.39, 0.29) is 12.2 Å². The summed E-state index contributed by atoms with van der Waals surface area (Å²) in [5.74, 6) is -0.934. The van der Waals surface area contributed by atoms with Gasteiger partial charge in [0.05, 0.1) is 23.0 Å². The van der Waals surface area contributed by atoms with Crippen molar-refractivity contribution in [2.24, 2.45) is 0 Å². The fourth-order valence-electron chi connectivity index (χ4n) is 2.12. The van der Waals surface area contributed by atoms with E-state index >= 15 is 0 Å². The second-order valence-corrected chi connectivity index (χ2v) is 5.37. The Morgan fingerprint density at radius 2 is 1.88 bits per heavy atom. The van der Waals surface area contributed by atoms with Crippen LogP contribution in [0.5, 0.6) is 0 Å². The summed E-state index contributed by atoms with van der Waals surface area (Å²) in [7, 11) is 0. The molecule has 0 aliphatic heterocycles. The first-order chi connectivity index (χ1) is 11.2. The molecule has 0 saturated carbocycles. The number of benzene rings is 1. The van der Waals surface area contributed by atoms with Crippen molar-refractivity contribution in [3.8, 4) is 11.3 Å². The highest BCUT2D eigenvalue weighted by Crippen LogP contribution is 2.43. The van der Waals surface area contributed by atoms with Gasteiger partial charge in [-0.2, -0.15) is 13.2 Å². The van der Waals surface area contributed by atoms with Gasteiger partial charge in [-0.25, -0.2) is 9.78 Å². The Bertz CT molecular complexity index is 774. The van der Waals surface area contributed by atoms with Crippen molar-refractivity contribution >= 4 is 23.3 Å². The molecule has 0 atom stereocenters. The van der Waals surface area contributed by atoms with Gasteiger partial charge >= 0.3 is 12.1 Å². The largest absolute Gasteiger partial charge is 0.461 e. The summed E-state index contributed by atoms with van der Waals surface area (Å²) >= 11 is 5.83. The van der Waals surface area contributed by atoms with Crippen LogP contribution in [0.15, 0.2) is 24.3 Å². The second-order valence-electron chi connectivity index (χ2n) is 5.00. The van der Waals surface area contributed by atoms with Crippen molar-refractivity contribution in [2.75, 3.05) is 12.3 Å². The summed E-state index contributed by atoms with van der Waals surface area (Å²) in [5, 5.41) is -0.573. The van der Waals surface area contributed by atoms with Gasteiger partial charge in [-0.05, 0) is 13.8 Å². The van der Waals surface area contributed by atoms with Crippen LogP contribution in [-0.4, -0.2) is 17.6 Å². The molecule has 1 aromatic carbocycles. The summed E-state index contributed by atoms with van der Waals surface area (Å²) in [4.78, 5) is 15.7. The smallest absolute Gasteiger partial charge is 0.420 e. The Morgan fingerprint density at radius 1 is 1.29 bits per heavy atom. The first-order valence-electron chi connectivity index (χ1n) is 6.97. The van der Waals surface area contributed by atoms with Gasteiger partial charge in [0.2, 0.25) is 0 Å². The molecular formula is C16H14ClF3N2O2. The molecule has 0 amide bonds. The van der Waals surface area contributed by atoms with Gasteiger partial charge in [-0.3, -0.25) is 0 Å². The zero-order chi connectivity index (χ0) is 18.1. The van der Waals surface area contributed by atoms with Crippen molar-refractivity contribution < 1.29 is 22.7 Å². The zero-order valence-corrected chi connectivity index (χ0v) is 13.6. The SMILES string of the molecule is CCOC(=O)c1nc(-c2ccc(C)cc2)c(C(F)(F)F)c(N)c1Cl. The first-order valence-corrected chi connectivity index (χ1v) is 7.35. The van der Waals surface area contributed by atoms with E-state index < -0.39 is 39.8 Å². The molecule has 0 saturated heterocycles. The number of nitrogens with zero attached hydrogens (tertiary/aromatic N) is 1. The molecule has 0 bridgehead atoms. The van der Waals surface area contributed by atoms with Gasteiger partial charge < -0.3 is 10.5 Å². The van der Waals surface area contributed by atoms with E-state index in [4.69, 9.17) is 22.1 Å². The fraction of sp³-hybridized carbons (Fsp3) is 0.250. The normalized spacial score (nSPS) is 11.4. The lowest BCUT2D eigenvalue weighted by atomic mass is 10.0. The topological polar surface area (TPSA) is 65.2 Å². The van der Waals surface area contributed by atoms with E-state index in [1.165, 1.54) is 12.1 Å². The number of hydrogen-bond acceptors (Lipinski definition) is 4. The quantitative estimate of drug-likeness (QED) is 0.821. The lowest BCUT2D eigenvalue weighted by Gasteiger charge is -2.18. The standard InChI is InChI=1S/C16H14ClF3N2O2/c1-3-24-15(23)14-11(17)12(21)10(16(18,19)20)13(22-14)9-6-4-8(2)5-7-9/h4-7H,3H2,1-2H3,(H2,21,22). The molecule has 8 heteroatoms. The maximum atomic E-state index is 13.4. The van der Waals surface area contributed by atoms with Gasteiger partial charge in [0.25, 0.3) is 0 Å². The van der Waals surface area contributed by atoms with Crippen LogP contribution in [0.3, 0.4) is 0 Å². The number of anilines is 1. The number of esters is 1. The Labute approximate surface area is 141 Å². The number of nitrogen functional groups attached to an aromatic ring is 1. The number of pyridine rings is 1. The average Bonchev–Trinajstić information content (AvgIpc) is 2.49. The molecule has 2 rings (SSSR count). The van der Waals surface area contributed by atoms with Crippen LogP contribution < -0.4 is 5.73 Å². The molecule has 0 fully saturated rings.